The predicted octanol–water partition coefficient (Wildman–Crippen LogP) is 3.84. The molecular formula is C22H23ClN6O4. The van der Waals surface area contributed by atoms with Crippen LogP contribution in [0.15, 0.2) is 29.0 Å². The van der Waals surface area contributed by atoms with Gasteiger partial charge in [0.15, 0.2) is 0 Å². The normalized spacial score (nSPS) is 16.9. The average molecular weight is 471 g/mol. The van der Waals surface area contributed by atoms with E-state index in [1.807, 2.05) is 10.6 Å². The molecule has 0 aliphatic carbocycles. The molecule has 10 nitrogen and oxygen atoms in total. The summed E-state index contributed by atoms with van der Waals surface area (Å²) >= 11 is 6.39. The Bertz CT molecular complexity index is 1260. The van der Waals surface area contributed by atoms with Crippen LogP contribution in [0.1, 0.15) is 55.2 Å². The number of nitrogens with zero attached hydrogens (tertiary/aromatic N) is 6. The lowest BCUT2D eigenvalue weighted by Gasteiger charge is -2.39. The summed E-state index contributed by atoms with van der Waals surface area (Å²) in [6, 6.07) is 5.20. The first kappa shape index (κ1) is 21.4. The minimum atomic E-state index is -0.607. The minimum Gasteiger partial charge on any atom is -0.444 e. The number of carbonyl (C=O) groups is 2. The van der Waals surface area contributed by atoms with Crippen LogP contribution in [-0.2, 0) is 11.3 Å². The molecule has 1 fully saturated rings. The Morgan fingerprint density at radius 2 is 2.15 bits per heavy atom. The maximum Gasteiger partial charge on any atom is 0.410 e. The molecule has 2 aliphatic heterocycles. The molecule has 2 amide bonds. The SMILES string of the molecule is CN(Cc1nc(-c2ncn3c2[C@@H]2CCN2C(=O)c2c(Cl)cccc2-3)no1)C(=O)OC(C)(C)C. The number of imidazole rings is 1. The van der Waals surface area contributed by atoms with E-state index in [1.54, 1.807) is 51.2 Å². The Morgan fingerprint density at radius 3 is 2.85 bits per heavy atom. The van der Waals surface area contributed by atoms with Gasteiger partial charge in [-0.3, -0.25) is 9.36 Å². The zero-order chi connectivity index (χ0) is 23.5. The number of hydrogen-bond donors (Lipinski definition) is 0. The van der Waals surface area contributed by atoms with E-state index in [0.717, 1.165) is 12.1 Å². The van der Waals surface area contributed by atoms with E-state index in [-0.39, 0.29) is 24.4 Å². The maximum atomic E-state index is 13.1. The number of halogens is 1. The minimum absolute atomic E-state index is 0.0877. The molecule has 1 saturated heterocycles. The fraction of sp³-hybridized carbons (Fsp3) is 0.409. The molecule has 5 rings (SSSR count). The molecule has 1 aromatic carbocycles. The highest BCUT2D eigenvalue weighted by Gasteiger charge is 2.43. The Morgan fingerprint density at radius 1 is 1.36 bits per heavy atom. The van der Waals surface area contributed by atoms with Crippen LogP contribution in [-0.4, -0.2) is 60.7 Å². The molecule has 0 saturated carbocycles. The number of ether oxygens (including phenoxy) is 1. The molecule has 0 bridgehead atoms. The van der Waals surface area contributed by atoms with Crippen molar-refractivity contribution in [3.63, 3.8) is 0 Å². The second kappa shape index (κ2) is 7.58. The monoisotopic (exact) mass is 470 g/mol. The first-order valence-corrected chi connectivity index (χ1v) is 11.0. The Labute approximate surface area is 195 Å². The second-order valence-electron chi connectivity index (χ2n) is 9.13. The van der Waals surface area contributed by atoms with E-state index in [2.05, 4.69) is 15.1 Å². The zero-order valence-corrected chi connectivity index (χ0v) is 19.5. The van der Waals surface area contributed by atoms with E-state index < -0.39 is 11.7 Å². The summed E-state index contributed by atoms with van der Waals surface area (Å²) in [6.45, 7) is 6.12. The first-order valence-electron chi connectivity index (χ1n) is 10.6. The first-order chi connectivity index (χ1) is 15.6. The Kier molecular flexibility index (Phi) is 4.93. The molecule has 0 spiro atoms. The van der Waals surface area contributed by atoms with Crippen molar-refractivity contribution in [1.29, 1.82) is 0 Å². The van der Waals surface area contributed by atoms with Crippen LogP contribution >= 0.6 is 11.6 Å². The lowest BCUT2D eigenvalue weighted by Crippen LogP contribution is -2.44. The molecule has 3 aromatic rings. The summed E-state index contributed by atoms with van der Waals surface area (Å²) in [5, 5.41) is 4.49. The standard InChI is InChI=1S/C22H23ClN6O4/c1-22(2,3)32-21(31)27(4)10-15-25-19(26-33-15)17-18-14-8-9-28(14)20(30)16-12(23)6-5-7-13(16)29(18)11-24-17/h5-7,11,14H,8-10H2,1-4H3/t14-/m0/s1. The Hall–Kier alpha value is -3.40. The molecule has 0 radical (unpaired) electrons. The van der Waals surface area contributed by atoms with Gasteiger partial charge in [0.1, 0.15) is 24.2 Å². The van der Waals surface area contributed by atoms with Gasteiger partial charge in [0.05, 0.1) is 28.0 Å². The topological polar surface area (TPSA) is 107 Å². The van der Waals surface area contributed by atoms with Gasteiger partial charge in [0, 0.05) is 13.6 Å². The lowest BCUT2D eigenvalue weighted by atomic mass is 9.97. The number of benzene rings is 1. The highest BCUT2D eigenvalue weighted by molar-refractivity contribution is 6.34. The number of rotatable bonds is 3. The number of fused-ring (bicyclic) bond motifs is 5. The maximum absolute atomic E-state index is 13.1. The lowest BCUT2D eigenvalue weighted by molar-refractivity contribution is 0.0268. The molecule has 11 heteroatoms. The van der Waals surface area contributed by atoms with Crippen molar-refractivity contribution in [2.75, 3.05) is 13.6 Å². The molecule has 172 valence electrons. The number of hydrogen-bond acceptors (Lipinski definition) is 7. The summed E-state index contributed by atoms with van der Waals surface area (Å²) in [7, 11) is 1.60. The number of carbonyl (C=O) groups excluding carboxylic acids is 2. The van der Waals surface area contributed by atoms with E-state index in [1.165, 1.54) is 4.90 Å². The van der Waals surface area contributed by atoms with Crippen molar-refractivity contribution in [1.82, 2.24) is 29.5 Å². The van der Waals surface area contributed by atoms with Crippen LogP contribution in [0, 0.1) is 0 Å². The van der Waals surface area contributed by atoms with Gasteiger partial charge in [0.25, 0.3) is 5.91 Å². The van der Waals surface area contributed by atoms with Crippen molar-refractivity contribution in [2.24, 2.45) is 0 Å². The van der Waals surface area contributed by atoms with Gasteiger partial charge >= 0.3 is 6.09 Å². The van der Waals surface area contributed by atoms with Crippen molar-refractivity contribution in [3.05, 3.63) is 46.7 Å². The second-order valence-corrected chi connectivity index (χ2v) is 9.54. The summed E-state index contributed by atoms with van der Waals surface area (Å²) in [4.78, 5) is 37.5. The fourth-order valence-corrected chi connectivity index (χ4v) is 4.30. The largest absolute Gasteiger partial charge is 0.444 e. The smallest absolute Gasteiger partial charge is 0.410 e. The fourth-order valence-electron chi connectivity index (χ4n) is 4.05. The highest BCUT2D eigenvalue weighted by Crippen LogP contribution is 2.44. The van der Waals surface area contributed by atoms with Gasteiger partial charge in [-0.25, -0.2) is 9.78 Å². The third kappa shape index (κ3) is 3.64. The van der Waals surface area contributed by atoms with Crippen LogP contribution in [0.4, 0.5) is 4.79 Å². The Balaban J connectivity index is 1.48. The molecule has 1 atom stereocenters. The van der Waals surface area contributed by atoms with Crippen LogP contribution in [0.2, 0.25) is 5.02 Å². The van der Waals surface area contributed by atoms with Gasteiger partial charge in [-0.1, -0.05) is 22.8 Å². The van der Waals surface area contributed by atoms with Crippen molar-refractivity contribution >= 4 is 23.6 Å². The van der Waals surface area contributed by atoms with Gasteiger partial charge < -0.3 is 19.1 Å². The predicted molar refractivity (Wildman–Crippen MR) is 118 cm³/mol. The van der Waals surface area contributed by atoms with Crippen molar-refractivity contribution in [2.45, 2.75) is 45.4 Å². The van der Waals surface area contributed by atoms with Crippen LogP contribution in [0.25, 0.3) is 17.2 Å². The van der Waals surface area contributed by atoms with Gasteiger partial charge in [0.2, 0.25) is 11.7 Å². The summed E-state index contributed by atoms with van der Waals surface area (Å²) < 4.78 is 12.6. The summed E-state index contributed by atoms with van der Waals surface area (Å²) in [5.74, 6) is 0.439. The number of amides is 2. The molecule has 2 aliphatic rings. The highest BCUT2D eigenvalue weighted by atomic mass is 35.5. The van der Waals surface area contributed by atoms with E-state index >= 15 is 0 Å². The number of aromatic nitrogens is 4. The van der Waals surface area contributed by atoms with E-state index in [9.17, 15) is 9.59 Å². The van der Waals surface area contributed by atoms with Gasteiger partial charge in [-0.15, -0.1) is 0 Å². The van der Waals surface area contributed by atoms with Crippen LogP contribution in [0.5, 0.6) is 0 Å². The molecule has 2 aromatic heterocycles. The zero-order valence-electron chi connectivity index (χ0n) is 18.7. The van der Waals surface area contributed by atoms with Crippen LogP contribution < -0.4 is 0 Å². The molecule has 0 N–H and O–H groups in total. The van der Waals surface area contributed by atoms with Crippen LogP contribution in [0.3, 0.4) is 0 Å². The summed E-state index contributed by atoms with van der Waals surface area (Å²) in [5.41, 5.74) is 1.86. The third-order valence-electron chi connectivity index (χ3n) is 5.62. The third-order valence-corrected chi connectivity index (χ3v) is 5.94. The van der Waals surface area contributed by atoms with Gasteiger partial charge in [-0.05, 0) is 39.3 Å². The molecule has 0 unspecified atom stereocenters. The van der Waals surface area contributed by atoms with E-state index in [0.29, 0.717) is 34.3 Å². The molecule has 33 heavy (non-hydrogen) atoms. The summed E-state index contributed by atoms with van der Waals surface area (Å²) in [6.07, 6.45) is 1.95. The average Bonchev–Trinajstić information content (AvgIpc) is 3.31. The quantitative estimate of drug-likeness (QED) is 0.572. The van der Waals surface area contributed by atoms with Crippen molar-refractivity contribution < 1.29 is 18.8 Å². The molecular weight excluding hydrogens is 448 g/mol. The van der Waals surface area contributed by atoms with Crippen molar-refractivity contribution in [3.8, 4) is 17.2 Å². The van der Waals surface area contributed by atoms with E-state index in [4.69, 9.17) is 20.9 Å². The molecule has 4 heterocycles. The van der Waals surface area contributed by atoms with Gasteiger partial charge in [-0.2, -0.15) is 4.98 Å².